The molecule has 1 aliphatic carbocycles. The largest absolute Gasteiger partial charge is 0.388 e. The van der Waals surface area contributed by atoms with Crippen LogP contribution < -0.4 is 10.9 Å². The molecule has 21 heavy (non-hydrogen) atoms. The summed E-state index contributed by atoms with van der Waals surface area (Å²) in [5.41, 5.74) is -0.353. The van der Waals surface area contributed by atoms with Crippen LogP contribution in [-0.4, -0.2) is 32.5 Å². The number of aromatic nitrogens is 2. The number of aryl methyl sites for hydroxylation is 2. The molecule has 3 rings (SSSR count). The van der Waals surface area contributed by atoms with E-state index in [1.807, 2.05) is 13.8 Å². The fraction of sp³-hybridized carbons (Fsp3) is 0.500. The van der Waals surface area contributed by atoms with Crippen molar-refractivity contribution in [2.45, 2.75) is 38.7 Å². The zero-order chi connectivity index (χ0) is 15.2. The molecule has 6 nitrogen and oxygen atoms in total. The van der Waals surface area contributed by atoms with Gasteiger partial charge < -0.3 is 10.4 Å². The van der Waals surface area contributed by atoms with E-state index in [9.17, 15) is 14.7 Å². The molecule has 1 saturated carbocycles. The molecule has 0 spiro atoms. The van der Waals surface area contributed by atoms with E-state index in [0.717, 1.165) is 17.0 Å². The van der Waals surface area contributed by atoms with E-state index < -0.39 is 11.5 Å². The predicted molar refractivity (Wildman–Crippen MR) is 79.9 cm³/mol. The lowest BCUT2D eigenvalue weighted by atomic mass is 9.80. The van der Waals surface area contributed by atoms with Gasteiger partial charge in [-0.25, -0.2) is 4.98 Å². The van der Waals surface area contributed by atoms with E-state index >= 15 is 0 Å². The quantitative estimate of drug-likeness (QED) is 0.886. The Morgan fingerprint density at radius 3 is 2.86 bits per heavy atom. The standard InChI is InChI=1S/C14H17N3O3S/c1-8-9(2)21-13-15-6-10(12(19)17(8)13)11(18)16-7-14(20)4-3-5-14/h6,20H,3-5,7H2,1-2H3,(H,16,18). The number of rotatable bonds is 3. The van der Waals surface area contributed by atoms with Gasteiger partial charge in [0.05, 0.1) is 5.60 Å². The molecule has 7 heteroatoms. The molecule has 1 aliphatic rings. The van der Waals surface area contributed by atoms with E-state index in [4.69, 9.17) is 0 Å². The molecule has 0 saturated heterocycles. The Labute approximate surface area is 125 Å². The number of hydrogen-bond acceptors (Lipinski definition) is 5. The molecule has 0 unspecified atom stereocenters. The summed E-state index contributed by atoms with van der Waals surface area (Å²) in [6, 6.07) is 0. The molecule has 0 atom stereocenters. The summed E-state index contributed by atoms with van der Waals surface area (Å²) in [5, 5.41) is 12.6. The molecule has 2 heterocycles. The van der Waals surface area contributed by atoms with Gasteiger partial charge in [-0.15, -0.1) is 11.3 Å². The Kier molecular flexibility index (Phi) is 3.33. The zero-order valence-corrected chi connectivity index (χ0v) is 12.8. The van der Waals surface area contributed by atoms with Gasteiger partial charge in [-0.3, -0.25) is 14.0 Å². The van der Waals surface area contributed by atoms with Crippen LogP contribution >= 0.6 is 11.3 Å². The zero-order valence-electron chi connectivity index (χ0n) is 12.0. The normalized spacial score (nSPS) is 16.7. The van der Waals surface area contributed by atoms with Crippen molar-refractivity contribution in [1.82, 2.24) is 14.7 Å². The number of thiazole rings is 1. The van der Waals surface area contributed by atoms with Crippen LogP contribution in [0.15, 0.2) is 11.0 Å². The summed E-state index contributed by atoms with van der Waals surface area (Å²) in [4.78, 5) is 30.3. The van der Waals surface area contributed by atoms with Gasteiger partial charge in [0.1, 0.15) is 5.56 Å². The van der Waals surface area contributed by atoms with Gasteiger partial charge in [-0.05, 0) is 33.1 Å². The second-order valence-corrected chi connectivity index (χ2v) is 6.78. The van der Waals surface area contributed by atoms with Crippen LogP contribution in [0.2, 0.25) is 0 Å². The summed E-state index contributed by atoms with van der Waals surface area (Å²) < 4.78 is 1.47. The predicted octanol–water partition coefficient (Wildman–Crippen LogP) is 1.02. The highest BCUT2D eigenvalue weighted by Gasteiger charge is 2.34. The monoisotopic (exact) mass is 307 g/mol. The van der Waals surface area contributed by atoms with E-state index in [-0.39, 0.29) is 17.7 Å². The van der Waals surface area contributed by atoms with E-state index in [2.05, 4.69) is 10.3 Å². The lowest BCUT2D eigenvalue weighted by Gasteiger charge is -2.36. The maximum atomic E-state index is 12.4. The minimum absolute atomic E-state index is 0.0105. The van der Waals surface area contributed by atoms with E-state index in [0.29, 0.717) is 17.8 Å². The first-order chi connectivity index (χ1) is 9.91. The van der Waals surface area contributed by atoms with Crippen molar-refractivity contribution in [2.75, 3.05) is 6.54 Å². The number of carbonyl (C=O) groups excluding carboxylic acids is 1. The molecule has 0 aliphatic heterocycles. The second kappa shape index (κ2) is 4.92. The summed E-state index contributed by atoms with van der Waals surface area (Å²) >= 11 is 1.42. The van der Waals surface area contributed by atoms with Crippen molar-refractivity contribution in [3.05, 3.63) is 32.7 Å². The molecular formula is C14H17N3O3S. The Bertz CT molecular complexity index is 774. The fourth-order valence-corrected chi connectivity index (χ4v) is 3.36. The van der Waals surface area contributed by atoms with Crippen molar-refractivity contribution in [3.8, 4) is 0 Å². The molecule has 0 bridgehead atoms. The highest BCUT2D eigenvalue weighted by atomic mass is 32.1. The number of aliphatic hydroxyl groups is 1. The van der Waals surface area contributed by atoms with E-state index in [1.165, 1.54) is 21.9 Å². The van der Waals surface area contributed by atoms with Crippen LogP contribution in [0.1, 0.15) is 40.2 Å². The Balaban J connectivity index is 1.89. The lowest BCUT2D eigenvalue weighted by Crippen LogP contribution is -2.48. The van der Waals surface area contributed by atoms with Crippen molar-refractivity contribution in [3.63, 3.8) is 0 Å². The van der Waals surface area contributed by atoms with Gasteiger partial charge in [0, 0.05) is 23.3 Å². The third-order valence-corrected chi connectivity index (χ3v) is 5.20. The summed E-state index contributed by atoms with van der Waals surface area (Å²) in [5.74, 6) is -0.481. The maximum Gasteiger partial charge on any atom is 0.271 e. The molecule has 2 aromatic heterocycles. The molecule has 0 radical (unpaired) electrons. The van der Waals surface area contributed by atoms with Gasteiger partial charge in [0.2, 0.25) is 0 Å². The highest BCUT2D eigenvalue weighted by molar-refractivity contribution is 7.17. The van der Waals surface area contributed by atoms with Gasteiger partial charge >= 0.3 is 0 Å². The molecule has 2 N–H and O–H groups in total. The first kappa shape index (κ1) is 14.2. The first-order valence-electron chi connectivity index (χ1n) is 6.90. The summed E-state index contributed by atoms with van der Waals surface area (Å²) in [6.45, 7) is 3.93. The molecular weight excluding hydrogens is 290 g/mol. The summed E-state index contributed by atoms with van der Waals surface area (Å²) in [7, 11) is 0. The average molecular weight is 307 g/mol. The third-order valence-electron chi connectivity index (χ3n) is 4.13. The molecule has 112 valence electrons. The number of nitrogens with one attached hydrogen (secondary N) is 1. The van der Waals surface area contributed by atoms with Crippen LogP contribution in [0.4, 0.5) is 0 Å². The van der Waals surface area contributed by atoms with Gasteiger partial charge in [0.15, 0.2) is 4.96 Å². The first-order valence-corrected chi connectivity index (χ1v) is 7.71. The van der Waals surface area contributed by atoms with Gasteiger partial charge in [0.25, 0.3) is 11.5 Å². The fourth-order valence-electron chi connectivity index (χ4n) is 2.43. The third kappa shape index (κ3) is 2.36. The van der Waals surface area contributed by atoms with Gasteiger partial charge in [-0.2, -0.15) is 0 Å². The number of hydrogen-bond donors (Lipinski definition) is 2. The van der Waals surface area contributed by atoms with Crippen molar-refractivity contribution >= 4 is 22.2 Å². The van der Waals surface area contributed by atoms with Crippen molar-refractivity contribution < 1.29 is 9.90 Å². The smallest absolute Gasteiger partial charge is 0.271 e. The molecule has 0 aromatic carbocycles. The topological polar surface area (TPSA) is 83.7 Å². The number of fused-ring (bicyclic) bond motifs is 1. The Hall–Kier alpha value is -1.73. The Morgan fingerprint density at radius 1 is 1.52 bits per heavy atom. The summed E-state index contributed by atoms with van der Waals surface area (Å²) in [6.07, 6.45) is 3.65. The van der Waals surface area contributed by atoms with Crippen LogP contribution in [0.5, 0.6) is 0 Å². The van der Waals surface area contributed by atoms with Crippen molar-refractivity contribution in [2.24, 2.45) is 0 Å². The molecule has 2 aromatic rings. The van der Waals surface area contributed by atoms with Crippen LogP contribution in [-0.2, 0) is 0 Å². The minimum atomic E-state index is -0.807. The highest BCUT2D eigenvalue weighted by Crippen LogP contribution is 2.30. The van der Waals surface area contributed by atoms with Gasteiger partial charge in [-0.1, -0.05) is 0 Å². The number of amides is 1. The van der Waals surface area contributed by atoms with E-state index in [1.54, 1.807) is 0 Å². The lowest BCUT2D eigenvalue weighted by molar-refractivity contribution is -0.0300. The second-order valence-electron chi connectivity index (χ2n) is 5.60. The number of carbonyl (C=O) groups is 1. The molecule has 1 amide bonds. The van der Waals surface area contributed by atoms with Crippen LogP contribution in [0.3, 0.4) is 0 Å². The minimum Gasteiger partial charge on any atom is -0.388 e. The number of nitrogens with zero attached hydrogens (tertiary/aromatic N) is 2. The SMILES string of the molecule is Cc1sc2ncc(C(=O)NCC3(O)CCC3)c(=O)n2c1C. The molecule has 1 fully saturated rings. The average Bonchev–Trinajstić information content (AvgIpc) is 2.70. The Morgan fingerprint density at radius 2 is 2.24 bits per heavy atom. The maximum absolute atomic E-state index is 12.4. The van der Waals surface area contributed by atoms with Crippen LogP contribution in [0.25, 0.3) is 4.96 Å². The van der Waals surface area contributed by atoms with Crippen LogP contribution in [0, 0.1) is 13.8 Å². The van der Waals surface area contributed by atoms with Crippen molar-refractivity contribution in [1.29, 1.82) is 0 Å².